The van der Waals surface area contributed by atoms with E-state index in [1.807, 2.05) is 30.4 Å². The van der Waals surface area contributed by atoms with Crippen LogP contribution in [0.2, 0.25) is 0 Å². The van der Waals surface area contributed by atoms with Crippen LogP contribution in [0.1, 0.15) is 47.7 Å². The highest BCUT2D eigenvalue weighted by Gasteiger charge is 2.27. The SMILES string of the molecule is CCOc1cccc(C(N)C2CCCc3sccc32)c1. The van der Waals surface area contributed by atoms with Gasteiger partial charge in [-0.2, -0.15) is 0 Å². The summed E-state index contributed by atoms with van der Waals surface area (Å²) in [6, 6.07) is 10.6. The van der Waals surface area contributed by atoms with Crippen LogP contribution in [0.15, 0.2) is 35.7 Å². The van der Waals surface area contributed by atoms with Crippen molar-refractivity contribution >= 4 is 11.3 Å². The first kappa shape index (κ1) is 13.7. The minimum atomic E-state index is 0.0593. The Bertz CT molecular complexity index is 578. The van der Waals surface area contributed by atoms with Crippen LogP contribution in [0, 0.1) is 0 Å². The van der Waals surface area contributed by atoms with Gasteiger partial charge in [0.25, 0.3) is 0 Å². The predicted molar refractivity (Wildman–Crippen MR) is 84.5 cm³/mol. The number of aryl methyl sites for hydroxylation is 1. The Morgan fingerprint density at radius 1 is 1.40 bits per heavy atom. The van der Waals surface area contributed by atoms with Crippen molar-refractivity contribution in [2.24, 2.45) is 5.73 Å². The molecule has 0 saturated carbocycles. The summed E-state index contributed by atoms with van der Waals surface area (Å²) in [5, 5.41) is 2.20. The lowest BCUT2D eigenvalue weighted by Gasteiger charge is -2.28. The van der Waals surface area contributed by atoms with Crippen LogP contribution in [0.4, 0.5) is 0 Å². The molecule has 3 heteroatoms. The summed E-state index contributed by atoms with van der Waals surface area (Å²) in [7, 11) is 0. The zero-order valence-corrected chi connectivity index (χ0v) is 12.7. The topological polar surface area (TPSA) is 35.2 Å². The van der Waals surface area contributed by atoms with E-state index in [9.17, 15) is 0 Å². The van der Waals surface area contributed by atoms with E-state index in [1.165, 1.54) is 35.3 Å². The number of hydrogen-bond donors (Lipinski definition) is 1. The van der Waals surface area contributed by atoms with Crippen molar-refractivity contribution in [2.45, 2.75) is 38.1 Å². The highest BCUT2D eigenvalue weighted by molar-refractivity contribution is 7.10. The first-order valence-corrected chi connectivity index (χ1v) is 8.22. The number of benzene rings is 1. The smallest absolute Gasteiger partial charge is 0.119 e. The molecule has 0 fully saturated rings. The number of ether oxygens (including phenoxy) is 1. The summed E-state index contributed by atoms with van der Waals surface area (Å²) in [4.78, 5) is 1.53. The number of rotatable bonds is 4. The maximum absolute atomic E-state index is 6.56. The van der Waals surface area contributed by atoms with Gasteiger partial charge in [0.1, 0.15) is 5.75 Å². The number of nitrogens with two attached hydrogens (primary N) is 1. The Balaban J connectivity index is 1.86. The van der Waals surface area contributed by atoms with Crippen molar-refractivity contribution in [3.63, 3.8) is 0 Å². The molecule has 2 N–H and O–H groups in total. The summed E-state index contributed by atoms with van der Waals surface area (Å²) < 4.78 is 5.58. The lowest BCUT2D eigenvalue weighted by atomic mass is 9.80. The third kappa shape index (κ3) is 2.60. The second-order valence-electron chi connectivity index (χ2n) is 5.33. The van der Waals surface area contributed by atoms with E-state index >= 15 is 0 Å². The summed E-state index contributed by atoms with van der Waals surface area (Å²) in [5.74, 6) is 1.36. The summed E-state index contributed by atoms with van der Waals surface area (Å²) in [6.45, 7) is 2.70. The molecule has 0 radical (unpaired) electrons. The van der Waals surface area contributed by atoms with Gasteiger partial charge in [0.2, 0.25) is 0 Å². The van der Waals surface area contributed by atoms with Crippen LogP contribution in [0.5, 0.6) is 5.75 Å². The molecule has 0 bridgehead atoms. The minimum Gasteiger partial charge on any atom is -0.494 e. The molecule has 0 spiro atoms. The Morgan fingerprint density at radius 3 is 3.15 bits per heavy atom. The molecule has 1 aliphatic carbocycles. The highest BCUT2D eigenvalue weighted by atomic mass is 32.1. The lowest BCUT2D eigenvalue weighted by Crippen LogP contribution is -2.22. The average Bonchev–Trinajstić information content (AvgIpc) is 2.95. The molecule has 0 amide bonds. The van der Waals surface area contributed by atoms with Crippen LogP contribution in [-0.4, -0.2) is 6.61 Å². The van der Waals surface area contributed by atoms with Gasteiger partial charge < -0.3 is 10.5 Å². The third-order valence-electron chi connectivity index (χ3n) is 4.09. The first-order valence-electron chi connectivity index (χ1n) is 7.34. The molecule has 2 aromatic rings. The second kappa shape index (κ2) is 5.98. The molecule has 20 heavy (non-hydrogen) atoms. The molecule has 0 saturated heterocycles. The Morgan fingerprint density at radius 2 is 2.30 bits per heavy atom. The monoisotopic (exact) mass is 287 g/mol. The Hall–Kier alpha value is -1.32. The van der Waals surface area contributed by atoms with Crippen molar-refractivity contribution in [2.75, 3.05) is 6.61 Å². The van der Waals surface area contributed by atoms with E-state index in [0.717, 1.165) is 5.75 Å². The summed E-state index contributed by atoms with van der Waals surface area (Å²) in [6.07, 6.45) is 3.65. The third-order valence-corrected chi connectivity index (χ3v) is 5.08. The average molecular weight is 287 g/mol. The van der Waals surface area contributed by atoms with Crippen molar-refractivity contribution in [1.82, 2.24) is 0 Å². The highest BCUT2D eigenvalue weighted by Crippen LogP contribution is 2.41. The molecule has 1 aromatic carbocycles. The van der Waals surface area contributed by atoms with Gasteiger partial charge in [0.05, 0.1) is 6.61 Å². The number of hydrogen-bond acceptors (Lipinski definition) is 3. The van der Waals surface area contributed by atoms with Crippen LogP contribution >= 0.6 is 11.3 Å². The molecule has 1 aliphatic rings. The molecular formula is C17H21NOS. The van der Waals surface area contributed by atoms with Gasteiger partial charge in [-0.1, -0.05) is 12.1 Å². The number of thiophene rings is 1. The quantitative estimate of drug-likeness (QED) is 0.911. The van der Waals surface area contributed by atoms with Crippen LogP contribution in [0.25, 0.3) is 0 Å². The molecule has 1 heterocycles. The summed E-state index contributed by atoms with van der Waals surface area (Å²) >= 11 is 1.87. The fraction of sp³-hybridized carbons (Fsp3) is 0.412. The molecule has 2 unspecified atom stereocenters. The largest absolute Gasteiger partial charge is 0.494 e. The van der Waals surface area contributed by atoms with Crippen molar-refractivity contribution in [3.8, 4) is 5.75 Å². The van der Waals surface area contributed by atoms with E-state index in [2.05, 4.69) is 23.6 Å². The van der Waals surface area contributed by atoms with E-state index in [1.54, 1.807) is 0 Å². The van der Waals surface area contributed by atoms with Gasteiger partial charge in [-0.25, -0.2) is 0 Å². The van der Waals surface area contributed by atoms with E-state index in [0.29, 0.717) is 12.5 Å². The lowest BCUT2D eigenvalue weighted by molar-refractivity contribution is 0.339. The molecular weight excluding hydrogens is 266 g/mol. The van der Waals surface area contributed by atoms with E-state index < -0.39 is 0 Å². The van der Waals surface area contributed by atoms with Gasteiger partial charge in [-0.3, -0.25) is 0 Å². The maximum atomic E-state index is 6.56. The molecule has 0 aliphatic heterocycles. The molecule has 106 valence electrons. The fourth-order valence-electron chi connectivity index (χ4n) is 3.11. The van der Waals surface area contributed by atoms with Crippen molar-refractivity contribution in [1.29, 1.82) is 0 Å². The Kier molecular flexibility index (Phi) is 4.08. The molecule has 3 rings (SSSR count). The van der Waals surface area contributed by atoms with Crippen molar-refractivity contribution in [3.05, 3.63) is 51.7 Å². The van der Waals surface area contributed by atoms with Gasteiger partial charge >= 0.3 is 0 Å². The minimum absolute atomic E-state index is 0.0593. The van der Waals surface area contributed by atoms with Crippen molar-refractivity contribution < 1.29 is 4.74 Å². The van der Waals surface area contributed by atoms with Crippen LogP contribution < -0.4 is 10.5 Å². The fourth-order valence-corrected chi connectivity index (χ4v) is 4.10. The molecule has 1 aromatic heterocycles. The van der Waals surface area contributed by atoms with Gasteiger partial charge in [0.15, 0.2) is 0 Å². The zero-order valence-electron chi connectivity index (χ0n) is 11.8. The molecule has 2 atom stereocenters. The zero-order chi connectivity index (χ0) is 13.9. The number of fused-ring (bicyclic) bond motifs is 1. The first-order chi connectivity index (χ1) is 9.79. The molecule has 2 nitrogen and oxygen atoms in total. The van der Waals surface area contributed by atoms with Gasteiger partial charge in [-0.05, 0) is 60.9 Å². The van der Waals surface area contributed by atoms with Gasteiger partial charge in [0, 0.05) is 16.8 Å². The summed E-state index contributed by atoms with van der Waals surface area (Å²) in [5.41, 5.74) is 9.21. The second-order valence-corrected chi connectivity index (χ2v) is 6.33. The van der Waals surface area contributed by atoms with E-state index in [4.69, 9.17) is 10.5 Å². The van der Waals surface area contributed by atoms with Gasteiger partial charge in [-0.15, -0.1) is 11.3 Å². The Labute approximate surface area is 124 Å². The van der Waals surface area contributed by atoms with E-state index in [-0.39, 0.29) is 6.04 Å². The normalized spacial score (nSPS) is 19.4. The van der Waals surface area contributed by atoms with Crippen LogP contribution in [-0.2, 0) is 6.42 Å². The predicted octanol–water partition coefficient (Wildman–Crippen LogP) is 4.27. The maximum Gasteiger partial charge on any atom is 0.119 e. The van der Waals surface area contributed by atoms with Crippen LogP contribution in [0.3, 0.4) is 0 Å². The standard InChI is InChI=1S/C17H21NOS/c1-2-19-13-6-3-5-12(11-13)17(18)15-7-4-8-16-14(15)9-10-20-16/h3,5-6,9-11,15,17H,2,4,7-8,18H2,1H3.